The third kappa shape index (κ3) is 4.80. The summed E-state index contributed by atoms with van der Waals surface area (Å²) >= 11 is 5.90. The van der Waals surface area contributed by atoms with Crippen LogP contribution in [-0.4, -0.2) is 12.6 Å². The average Bonchev–Trinajstić information content (AvgIpc) is 2.55. The van der Waals surface area contributed by atoms with Crippen LogP contribution in [0.1, 0.15) is 11.1 Å². The van der Waals surface area contributed by atoms with Gasteiger partial charge in [-0.15, -0.1) is 0 Å². The summed E-state index contributed by atoms with van der Waals surface area (Å²) in [6.07, 6.45) is 2.35. The molecule has 0 bridgehead atoms. The second kappa shape index (κ2) is 8.09. The summed E-state index contributed by atoms with van der Waals surface area (Å²) in [6, 6.07) is 12.1. The SMILES string of the molecule is N#Cc1ccc(OC(=O)/C=C/c2ccccc2OC(F)F)c(Cl)c1. The largest absolute Gasteiger partial charge is 0.434 e. The van der Waals surface area contributed by atoms with E-state index in [0.29, 0.717) is 11.1 Å². The second-order valence-corrected chi connectivity index (χ2v) is 4.83. The number of ether oxygens (including phenoxy) is 2. The first kappa shape index (κ1) is 17.4. The molecule has 0 atom stereocenters. The van der Waals surface area contributed by atoms with E-state index >= 15 is 0 Å². The van der Waals surface area contributed by atoms with E-state index in [1.807, 2.05) is 6.07 Å². The van der Waals surface area contributed by atoms with Gasteiger partial charge in [0.25, 0.3) is 0 Å². The van der Waals surface area contributed by atoms with Crippen molar-refractivity contribution in [3.05, 3.63) is 64.7 Å². The van der Waals surface area contributed by atoms with Crippen molar-refractivity contribution >= 4 is 23.6 Å². The summed E-state index contributed by atoms with van der Waals surface area (Å²) < 4.78 is 34.0. The Kier molecular flexibility index (Phi) is 5.88. The summed E-state index contributed by atoms with van der Waals surface area (Å²) in [4.78, 5) is 11.8. The quantitative estimate of drug-likeness (QED) is 0.455. The van der Waals surface area contributed by atoms with Crippen molar-refractivity contribution in [2.24, 2.45) is 0 Å². The molecule has 122 valence electrons. The number of benzene rings is 2. The molecule has 2 rings (SSSR count). The van der Waals surface area contributed by atoms with Gasteiger partial charge in [-0.1, -0.05) is 29.8 Å². The number of hydrogen-bond donors (Lipinski definition) is 0. The first-order valence-corrected chi connectivity index (χ1v) is 7.01. The fourth-order valence-corrected chi connectivity index (χ4v) is 1.99. The highest BCUT2D eigenvalue weighted by Gasteiger charge is 2.09. The Balaban J connectivity index is 2.10. The van der Waals surface area contributed by atoms with Crippen LogP contribution in [0.4, 0.5) is 8.78 Å². The molecule has 0 aliphatic heterocycles. The molecular formula is C17H10ClF2NO3. The van der Waals surface area contributed by atoms with E-state index in [1.165, 1.54) is 42.5 Å². The molecule has 0 amide bonds. The smallest absolute Gasteiger partial charge is 0.387 e. The molecular weight excluding hydrogens is 340 g/mol. The van der Waals surface area contributed by atoms with Crippen LogP contribution in [0.3, 0.4) is 0 Å². The van der Waals surface area contributed by atoms with Crippen LogP contribution in [0.2, 0.25) is 5.02 Å². The van der Waals surface area contributed by atoms with Crippen molar-refractivity contribution in [3.63, 3.8) is 0 Å². The Bertz CT molecular complexity index is 816. The van der Waals surface area contributed by atoms with Crippen molar-refractivity contribution in [2.45, 2.75) is 6.61 Å². The Hall–Kier alpha value is -2.91. The summed E-state index contributed by atoms with van der Waals surface area (Å²) in [5.74, 6) is -0.733. The maximum atomic E-state index is 12.3. The van der Waals surface area contributed by atoms with E-state index in [2.05, 4.69) is 4.74 Å². The van der Waals surface area contributed by atoms with Crippen LogP contribution in [0.5, 0.6) is 11.5 Å². The monoisotopic (exact) mass is 349 g/mol. The molecule has 0 saturated heterocycles. The van der Waals surface area contributed by atoms with Crippen molar-refractivity contribution in [1.29, 1.82) is 5.26 Å². The van der Waals surface area contributed by atoms with Gasteiger partial charge in [0.05, 0.1) is 16.7 Å². The minimum Gasteiger partial charge on any atom is -0.434 e. The molecule has 0 aliphatic rings. The second-order valence-electron chi connectivity index (χ2n) is 4.43. The highest BCUT2D eigenvalue weighted by atomic mass is 35.5. The molecule has 0 aromatic heterocycles. The van der Waals surface area contributed by atoms with Crippen LogP contribution < -0.4 is 9.47 Å². The first-order chi connectivity index (χ1) is 11.5. The lowest BCUT2D eigenvalue weighted by atomic mass is 10.2. The highest BCUT2D eigenvalue weighted by molar-refractivity contribution is 6.32. The molecule has 7 heteroatoms. The number of hydrogen-bond acceptors (Lipinski definition) is 4. The molecule has 0 N–H and O–H groups in total. The lowest BCUT2D eigenvalue weighted by Crippen LogP contribution is -2.05. The number of nitriles is 1. The Morgan fingerprint density at radius 3 is 2.62 bits per heavy atom. The van der Waals surface area contributed by atoms with Crippen LogP contribution in [0, 0.1) is 11.3 Å². The fourth-order valence-electron chi connectivity index (χ4n) is 1.77. The predicted molar refractivity (Wildman–Crippen MR) is 83.9 cm³/mol. The highest BCUT2D eigenvalue weighted by Crippen LogP contribution is 2.26. The van der Waals surface area contributed by atoms with Gasteiger partial charge in [-0.25, -0.2) is 4.79 Å². The molecule has 2 aromatic rings. The summed E-state index contributed by atoms with van der Waals surface area (Å²) in [5, 5.41) is 8.85. The minimum absolute atomic E-state index is 0.0621. The number of nitrogens with zero attached hydrogens (tertiary/aromatic N) is 1. The van der Waals surface area contributed by atoms with Crippen molar-refractivity contribution in [1.82, 2.24) is 0 Å². The zero-order valence-corrected chi connectivity index (χ0v) is 12.8. The van der Waals surface area contributed by atoms with Gasteiger partial charge in [-0.05, 0) is 30.3 Å². The van der Waals surface area contributed by atoms with E-state index in [9.17, 15) is 13.6 Å². The third-order valence-electron chi connectivity index (χ3n) is 2.81. The summed E-state index contributed by atoms with van der Waals surface area (Å²) in [7, 11) is 0. The lowest BCUT2D eigenvalue weighted by molar-refractivity contribution is -0.128. The van der Waals surface area contributed by atoms with Gasteiger partial charge in [0.15, 0.2) is 0 Å². The zero-order valence-electron chi connectivity index (χ0n) is 12.1. The van der Waals surface area contributed by atoms with Crippen LogP contribution in [0.25, 0.3) is 6.08 Å². The number of esters is 1. The van der Waals surface area contributed by atoms with Crippen LogP contribution >= 0.6 is 11.6 Å². The van der Waals surface area contributed by atoms with Crippen LogP contribution in [-0.2, 0) is 4.79 Å². The average molecular weight is 350 g/mol. The van der Waals surface area contributed by atoms with Crippen molar-refractivity contribution in [3.8, 4) is 17.6 Å². The maximum absolute atomic E-state index is 12.3. The van der Waals surface area contributed by atoms with E-state index in [1.54, 1.807) is 6.07 Å². The van der Waals surface area contributed by atoms with Gasteiger partial charge in [0.1, 0.15) is 11.5 Å². The molecule has 0 radical (unpaired) electrons. The predicted octanol–water partition coefficient (Wildman–Crippen LogP) is 4.43. The first-order valence-electron chi connectivity index (χ1n) is 6.63. The number of para-hydroxylation sites is 1. The normalized spacial score (nSPS) is 10.6. The molecule has 0 fully saturated rings. The van der Waals surface area contributed by atoms with E-state index < -0.39 is 12.6 Å². The Labute approximate surface area is 141 Å². The fraction of sp³-hybridized carbons (Fsp3) is 0.0588. The Morgan fingerprint density at radius 2 is 1.96 bits per heavy atom. The molecule has 0 heterocycles. The van der Waals surface area contributed by atoms with Gasteiger partial charge < -0.3 is 9.47 Å². The lowest BCUT2D eigenvalue weighted by Gasteiger charge is -2.07. The van der Waals surface area contributed by atoms with Gasteiger partial charge >= 0.3 is 12.6 Å². The number of halogens is 3. The van der Waals surface area contributed by atoms with E-state index in [0.717, 1.165) is 6.08 Å². The topological polar surface area (TPSA) is 59.3 Å². The summed E-state index contributed by atoms with van der Waals surface area (Å²) in [6.45, 7) is -2.97. The van der Waals surface area contributed by atoms with Gasteiger partial charge in [-0.2, -0.15) is 14.0 Å². The maximum Gasteiger partial charge on any atom is 0.387 e. The molecule has 24 heavy (non-hydrogen) atoms. The Morgan fingerprint density at radius 1 is 1.21 bits per heavy atom. The molecule has 0 saturated carbocycles. The van der Waals surface area contributed by atoms with Gasteiger partial charge in [0, 0.05) is 11.6 Å². The summed E-state index contributed by atoms with van der Waals surface area (Å²) in [5.41, 5.74) is 0.620. The molecule has 0 unspecified atom stereocenters. The number of alkyl halides is 2. The third-order valence-corrected chi connectivity index (χ3v) is 3.10. The van der Waals surface area contributed by atoms with Crippen LogP contribution in [0.15, 0.2) is 48.5 Å². The molecule has 0 spiro atoms. The van der Waals surface area contributed by atoms with Gasteiger partial charge in [-0.3, -0.25) is 0 Å². The number of rotatable bonds is 5. The van der Waals surface area contributed by atoms with Gasteiger partial charge in [0.2, 0.25) is 0 Å². The minimum atomic E-state index is -2.97. The standard InChI is InChI=1S/C17H10ClF2NO3/c18-13-9-11(10-21)5-7-15(13)23-16(22)8-6-12-3-1-2-4-14(12)24-17(19)20/h1-9,17H/b8-6+. The van der Waals surface area contributed by atoms with E-state index in [4.69, 9.17) is 21.6 Å². The zero-order chi connectivity index (χ0) is 17.5. The number of carbonyl (C=O) groups excluding carboxylic acids is 1. The molecule has 4 nitrogen and oxygen atoms in total. The number of carbonyl (C=O) groups is 1. The van der Waals surface area contributed by atoms with E-state index in [-0.39, 0.29) is 16.5 Å². The molecule has 2 aromatic carbocycles. The molecule has 0 aliphatic carbocycles. The van der Waals surface area contributed by atoms with Crippen molar-refractivity contribution in [2.75, 3.05) is 0 Å². The van der Waals surface area contributed by atoms with Crippen molar-refractivity contribution < 1.29 is 23.0 Å².